The lowest BCUT2D eigenvalue weighted by atomic mass is 9.53. The highest BCUT2D eigenvalue weighted by Gasteiger charge is 2.65. The fourth-order valence-electron chi connectivity index (χ4n) is 14.2. The summed E-state index contributed by atoms with van der Waals surface area (Å²) in [4.78, 5) is 55.8. The van der Waals surface area contributed by atoms with Crippen molar-refractivity contribution in [2.75, 3.05) is 26.4 Å². The molecule has 5 heterocycles. The Kier molecular flexibility index (Phi) is 13.1. The van der Waals surface area contributed by atoms with Gasteiger partial charge >= 0.3 is 0 Å². The highest BCUT2D eigenvalue weighted by molar-refractivity contribution is 5.99. The zero-order chi connectivity index (χ0) is 38.8. The first-order valence-electron chi connectivity index (χ1n) is 21.9. The van der Waals surface area contributed by atoms with E-state index in [9.17, 15) is 39.6 Å². The summed E-state index contributed by atoms with van der Waals surface area (Å²) in [5.74, 6) is -7.73. The van der Waals surface area contributed by atoms with E-state index in [-0.39, 0.29) is 66.2 Å². The molecule has 318 valence electrons. The van der Waals surface area contributed by atoms with Gasteiger partial charge in [0.1, 0.15) is 26.4 Å². The summed E-state index contributed by atoms with van der Waals surface area (Å²) in [6, 6.07) is 0. The molecule has 0 aromatic rings. The van der Waals surface area contributed by atoms with E-state index in [2.05, 4.69) is 42.5 Å². The monoisotopic (exact) mass is 814 g/mol. The van der Waals surface area contributed by atoms with E-state index in [1.165, 1.54) is 25.7 Å². The van der Waals surface area contributed by atoms with Crippen LogP contribution in [-0.2, 0) is 19.2 Å². The van der Waals surface area contributed by atoms with Crippen LogP contribution in [0.1, 0.15) is 77.0 Å². The molecule has 0 spiro atoms. The van der Waals surface area contributed by atoms with E-state index in [1.54, 1.807) is 0 Å². The topological polar surface area (TPSA) is 245 Å². The Morgan fingerprint density at radius 1 is 0.333 bits per heavy atom. The second-order valence-electron chi connectivity index (χ2n) is 18.7. The number of rotatable bonds is 8. The highest BCUT2D eigenvalue weighted by atomic mass is 27.0. The molecule has 9 fully saturated rings. The first-order chi connectivity index (χ1) is 27.3. The lowest BCUT2D eigenvalue weighted by molar-refractivity contribution is -0.160. The molecular weight excluding hydrogens is 747 g/mol. The number of Topliss-reactive ketones (excluding diaryl/α,β-unsaturated/α-hetero) is 4. The number of aliphatic hydroxyl groups is 4. The van der Waals surface area contributed by atoms with Crippen molar-refractivity contribution in [1.82, 2.24) is 42.5 Å². The minimum absolute atomic E-state index is 0. The van der Waals surface area contributed by atoms with Crippen LogP contribution in [0.3, 0.4) is 0 Å². The number of aliphatic hydroxyl groups excluding tert-OH is 4. The highest BCUT2D eigenvalue weighted by Crippen LogP contribution is 2.53. The predicted molar refractivity (Wildman–Crippen MR) is 211 cm³/mol. The molecule has 5 saturated heterocycles. The maximum Gasteiger partial charge on any atom is 0.187 e. The number of hydrogen-bond donors (Lipinski definition) is 12. The normalized spacial score (nSPS) is 48.8. The lowest BCUT2D eigenvalue weighted by Crippen LogP contribution is -2.63. The summed E-state index contributed by atoms with van der Waals surface area (Å²) in [6.45, 7) is -3.77. The molecule has 17 heteroatoms. The molecule has 9 rings (SSSR count). The van der Waals surface area contributed by atoms with Crippen molar-refractivity contribution < 1.29 is 39.6 Å². The maximum absolute atomic E-state index is 14.1. The van der Waals surface area contributed by atoms with Gasteiger partial charge in [0.05, 0.1) is 49.3 Å². The van der Waals surface area contributed by atoms with Crippen molar-refractivity contribution in [2.45, 2.75) is 126 Å². The van der Waals surface area contributed by atoms with E-state index in [4.69, 9.17) is 0 Å². The Hall–Kier alpha value is -1.27. The first kappa shape index (κ1) is 42.4. The smallest absolute Gasteiger partial charge is 0.187 e. The number of hydrogen-bond acceptors (Lipinski definition) is 16. The SMILES string of the molecule is O=C(CO)C1C(C(=O)CO)C(C(=O)CO)C2C3NC4NC(NC5NC(NC6NC(NC(N3)C2C1C(=O)CO)C1CCCCC61)C1CCCCC51)C1CCCCC41.[AlH3]. The van der Waals surface area contributed by atoms with Gasteiger partial charge in [-0.15, -0.1) is 0 Å². The molecule has 9 aliphatic rings. The van der Waals surface area contributed by atoms with Crippen molar-refractivity contribution >= 4 is 40.5 Å². The minimum Gasteiger partial charge on any atom is -0.389 e. The fourth-order valence-corrected chi connectivity index (χ4v) is 14.2. The van der Waals surface area contributed by atoms with Gasteiger partial charge in [-0.25, -0.2) is 0 Å². The molecular formula is C40H67AlN8O8. The molecule has 0 amide bonds. The van der Waals surface area contributed by atoms with Gasteiger partial charge in [0, 0.05) is 35.5 Å². The van der Waals surface area contributed by atoms with Gasteiger partial charge in [0.15, 0.2) is 40.5 Å². The molecule has 4 saturated carbocycles. The molecule has 16 nitrogen and oxygen atoms in total. The maximum atomic E-state index is 14.1. The van der Waals surface area contributed by atoms with Crippen LogP contribution in [0.15, 0.2) is 0 Å². The van der Waals surface area contributed by atoms with Crippen LogP contribution in [0, 0.1) is 71.0 Å². The zero-order valence-corrected chi connectivity index (χ0v) is 32.3. The summed E-state index contributed by atoms with van der Waals surface area (Å²) >= 11 is 0. The van der Waals surface area contributed by atoms with E-state index >= 15 is 0 Å². The van der Waals surface area contributed by atoms with Crippen molar-refractivity contribution in [3.8, 4) is 0 Å². The van der Waals surface area contributed by atoms with Crippen molar-refractivity contribution in [1.29, 1.82) is 0 Å². The number of nitrogens with one attached hydrogen (secondary N) is 8. The minimum atomic E-state index is -1.47. The van der Waals surface area contributed by atoms with Gasteiger partial charge in [-0.05, 0) is 74.0 Å². The molecule has 5 aliphatic heterocycles. The second kappa shape index (κ2) is 17.6. The Bertz CT molecular complexity index is 1410. The van der Waals surface area contributed by atoms with Gasteiger partial charge in [0.25, 0.3) is 0 Å². The van der Waals surface area contributed by atoms with Crippen LogP contribution in [-0.4, -0.2) is 137 Å². The van der Waals surface area contributed by atoms with Gasteiger partial charge in [-0.3, -0.25) is 61.7 Å². The van der Waals surface area contributed by atoms with E-state index in [0.717, 1.165) is 51.4 Å². The molecule has 20 unspecified atom stereocenters. The second-order valence-corrected chi connectivity index (χ2v) is 18.7. The van der Waals surface area contributed by atoms with Gasteiger partial charge in [-0.1, -0.05) is 38.5 Å². The summed E-state index contributed by atoms with van der Waals surface area (Å²) in [7, 11) is 0. The largest absolute Gasteiger partial charge is 0.389 e. The molecule has 0 radical (unpaired) electrons. The zero-order valence-electron chi connectivity index (χ0n) is 32.3. The van der Waals surface area contributed by atoms with E-state index < -0.39 is 97.4 Å². The van der Waals surface area contributed by atoms with Gasteiger partial charge in [-0.2, -0.15) is 0 Å². The van der Waals surface area contributed by atoms with Crippen molar-refractivity contribution in [2.24, 2.45) is 71.0 Å². The summed E-state index contributed by atoms with van der Waals surface area (Å²) in [5.41, 5.74) is 0. The average Bonchev–Trinajstić information content (AvgIpc) is 3.97. The Morgan fingerprint density at radius 3 is 0.754 bits per heavy atom. The Morgan fingerprint density at radius 2 is 0.526 bits per heavy atom. The van der Waals surface area contributed by atoms with Crippen LogP contribution < -0.4 is 42.5 Å². The van der Waals surface area contributed by atoms with Gasteiger partial charge in [0.2, 0.25) is 0 Å². The van der Waals surface area contributed by atoms with Crippen LogP contribution >= 0.6 is 0 Å². The van der Waals surface area contributed by atoms with E-state index in [1.807, 2.05) is 0 Å². The number of carbonyl (C=O) groups is 4. The number of ketones is 4. The van der Waals surface area contributed by atoms with Crippen LogP contribution in [0.2, 0.25) is 0 Å². The molecule has 8 bridgehead atoms. The summed E-state index contributed by atoms with van der Waals surface area (Å²) < 4.78 is 0. The van der Waals surface area contributed by atoms with E-state index in [0.29, 0.717) is 23.7 Å². The summed E-state index contributed by atoms with van der Waals surface area (Å²) in [6.07, 6.45) is 12.0. The van der Waals surface area contributed by atoms with Crippen LogP contribution in [0.5, 0.6) is 0 Å². The summed E-state index contributed by atoms with van der Waals surface area (Å²) in [5, 5.41) is 73.0. The predicted octanol–water partition coefficient (Wildman–Crippen LogP) is -3.43. The molecule has 0 aromatic carbocycles. The lowest BCUT2D eigenvalue weighted by Gasteiger charge is -2.49. The quantitative estimate of drug-likeness (QED) is 0.107. The third kappa shape index (κ3) is 7.37. The van der Waals surface area contributed by atoms with Crippen molar-refractivity contribution in [3.63, 3.8) is 0 Å². The third-order valence-corrected chi connectivity index (χ3v) is 16.4. The van der Waals surface area contributed by atoms with Crippen LogP contribution in [0.4, 0.5) is 0 Å². The molecule has 12 N–H and O–H groups in total. The fraction of sp³-hybridized carbons (Fsp3) is 0.900. The van der Waals surface area contributed by atoms with Crippen molar-refractivity contribution in [3.05, 3.63) is 0 Å². The molecule has 0 aromatic heterocycles. The van der Waals surface area contributed by atoms with Crippen LogP contribution in [0.25, 0.3) is 0 Å². The first-order valence-corrected chi connectivity index (χ1v) is 21.9. The molecule has 20 atom stereocenters. The molecule has 4 aliphatic carbocycles. The number of carbonyl (C=O) groups excluding carboxylic acids is 4. The standard InChI is InChI=1S/C40H64N8O8.Al.3H/c49-13-23(53)27-28(24(54)14-50)30(26(56)16-52)32-31(29(27)25(55)15-51)39-46-37-21-11-5-3-9-19(21)35(44-37)42-33-17-7-1-2-8-18(17)34(41-33)43-36-20-10-4-6-12-22(20)38(45-36)47-40(32)48-39;;;;/h17-22,27-52H,1-16H2;;;;. The van der Waals surface area contributed by atoms with Gasteiger partial charge < -0.3 is 20.4 Å². The Balaban J connectivity index is 0.00000455. The molecule has 57 heavy (non-hydrogen) atoms. The number of fused-ring (bicyclic) bond motifs is 20. The Labute approximate surface area is 345 Å². The third-order valence-electron chi connectivity index (χ3n) is 16.4. The average molecular weight is 815 g/mol.